The van der Waals surface area contributed by atoms with Crippen LogP contribution in [0, 0.1) is 0 Å². The molecule has 0 bridgehead atoms. The fourth-order valence-corrected chi connectivity index (χ4v) is 1.70. The molecule has 0 aliphatic rings. The number of imidazole rings is 1. The number of nitrogens with zero attached hydrogens (tertiary/aromatic N) is 2. The fraction of sp³-hybridized carbons (Fsp3) is 0.750. The van der Waals surface area contributed by atoms with Crippen LogP contribution in [0.3, 0.4) is 0 Å². The molecule has 0 aliphatic carbocycles. The lowest BCUT2D eigenvalue weighted by molar-refractivity contribution is 0.155. The Morgan fingerprint density at radius 1 is 1.47 bits per heavy atom. The van der Waals surface area contributed by atoms with Crippen LogP contribution < -0.4 is 0 Å². The second-order valence-electron chi connectivity index (χ2n) is 3.99. The van der Waals surface area contributed by atoms with Crippen molar-refractivity contribution < 1.29 is 5.11 Å². The van der Waals surface area contributed by atoms with E-state index in [-0.39, 0.29) is 6.10 Å². The van der Waals surface area contributed by atoms with Crippen LogP contribution in [0.4, 0.5) is 0 Å². The molecule has 0 fully saturated rings. The zero-order valence-corrected chi connectivity index (χ0v) is 9.82. The second-order valence-corrected chi connectivity index (χ2v) is 3.99. The van der Waals surface area contributed by atoms with Crippen LogP contribution >= 0.6 is 0 Å². The van der Waals surface area contributed by atoms with Crippen LogP contribution in [0.1, 0.15) is 45.4 Å². The van der Waals surface area contributed by atoms with Crippen molar-refractivity contribution in [3.8, 4) is 0 Å². The SMILES string of the molecule is CCCc1nccn1CCCC(O)CC. The normalized spacial score (nSPS) is 13.0. The Kier molecular flexibility index (Phi) is 5.40. The summed E-state index contributed by atoms with van der Waals surface area (Å²) in [6, 6.07) is 0. The van der Waals surface area contributed by atoms with Gasteiger partial charge in [0.25, 0.3) is 0 Å². The molecule has 0 aromatic carbocycles. The molecule has 3 nitrogen and oxygen atoms in total. The predicted octanol–water partition coefficient (Wildman–Crippen LogP) is 2.39. The first kappa shape index (κ1) is 12.2. The summed E-state index contributed by atoms with van der Waals surface area (Å²) in [6.07, 6.45) is 8.71. The molecule has 0 saturated carbocycles. The third-order valence-electron chi connectivity index (χ3n) is 2.68. The van der Waals surface area contributed by atoms with E-state index < -0.39 is 0 Å². The van der Waals surface area contributed by atoms with Gasteiger partial charge in [-0.05, 0) is 25.7 Å². The zero-order valence-electron chi connectivity index (χ0n) is 9.82. The first-order valence-electron chi connectivity index (χ1n) is 5.96. The summed E-state index contributed by atoms with van der Waals surface area (Å²) < 4.78 is 2.20. The number of hydrogen-bond acceptors (Lipinski definition) is 2. The lowest BCUT2D eigenvalue weighted by Crippen LogP contribution is -2.08. The smallest absolute Gasteiger partial charge is 0.108 e. The van der Waals surface area contributed by atoms with Crippen LogP contribution in [0.25, 0.3) is 0 Å². The van der Waals surface area contributed by atoms with E-state index in [9.17, 15) is 5.11 Å². The second kappa shape index (κ2) is 6.62. The van der Waals surface area contributed by atoms with E-state index >= 15 is 0 Å². The molecule has 0 amide bonds. The van der Waals surface area contributed by atoms with Crippen molar-refractivity contribution in [1.29, 1.82) is 0 Å². The number of aryl methyl sites for hydroxylation is 2. The minimum absolute atomic E-state index is 0.136. The minimum Gasteiger partial charge on any atom is -0.393 e. The fourth-order valence-electron chi connectivity index (χ4n) is 1.70. The van der Waals surface area contributed by atoms with Crippen LogP contribution in [-0.4, -0.2) is 20.8 Å². The van der Waals surface area contributed by atoms with Crippen molar-refractivity contribution in [2.75, 3.05) is 0 Å². The molecule has 0 spiro atoms. The molecule has 1 N–H and O–H groups in total. The van der Waals surface area contributed by atoms with E-state index in [4.69, 9.17) is 0 Å². The van der Waals surface area contributed by atoms with E-state index in [2.05, 4.69) is 16.5 Å². The first-order valence-corrected chi connectivity index (χ1v) is 5.96. The Morgan fingerprint density at radius 2 is 2.27 bits per heavy atom. The van der Waals surface area contributed by atoms with Crippen LogP contribution in [-0.2, 0) is 13.0 Å². The Hall–Kier alpha value is -0.830. The molecule has 0 aliphatic heterocycles. The standard InChI is InChI=1S/C12H22N2O/c1-3-6-12-13-8-10-14(12)9-5-7-11(15)4-2/h8,10-11,15H,3-7,9H2,1-2H3. The Balaban J connectivity index is 2.33. The highest BCUT2D eigenvalue weighted by molar-refractivity contribution is 4.92. The quantitative estimate of drug-likeness (QED) is 0.750. The topological polar surface area (TPSA) is 38.0 Å². The highest BCUT2D eigenvalue weighted by Gasteiger charge is 2.03. The van der Waals surface area contributed by atoms with Crippen LogP contribution in [0.5, 0.6) is 0 Å². The molecule has 15 heavy (non-hydrogen) atoms. The van der Waals surface area contributed by atoms with Gasteiger partial charge >= 0.3 is 0 Å². The highest BCUT2D eigenvalue weighted by atomic mass is 16.3. The summed E-state index contributed by atoms with van der Waals surface area (Å²) in [5.74, 6) is 1.17. The number of aliphatic hydroxyl groups is 1. The van der Waals surface area contributed by atoms with Crippen molar-refractivity contribution in [2.24, 2.45) is 0 Å². The molecule has 1 rings (SSSR count). The molecule has 86 valence electrons. The van der Waals surface area contributed by atoms with Crippen LogP contribution in [0.15, 0.2) is 12.4 Å². The summed E-state index contributed by atoms with van der Waals surface area (Å²) >= 11 is 0. The monoisotopic (exact) mass is 210 g/mol. The average Bonchev–Trinajstić information content (AvgIpc) is 2.66. The zero-order chi connectivity index (χ0) is 11.1. The van der Waals surface area contributed by atoms with E-state index in [0.29, 0.717) is 0 Å². The van der Waals surface area contributed by atoms with E-state index in [1.54, 1.807) is 0 Å². The third-order valence-corrected chi connectivity index (χ3v) is 2.68. The number of aliphatic hydroxyl groups excluding tert-OH is 1. The largest absolute Gasteiger partial charge is 0.393 e. The van der Waals surface area contributed by atoms with Gasteiger partial charge in [0.15, 0.2) is 0 Å². The number of aromatic nitrogens is 2. The van der Waals surface area contributed by atoms with Gasteiger partial charge in [-0.3, -0.25) is 0 Å². The molecule has 0 saturated heterocycles. The summed E-state index contributed by atoms with van der Waals surface area (Å²) in [7, 11) is 0. The van der Waals surface area contributed by atoms with Gasteiger partial charge in [0.2, 0.25) is 0 Å². The first-order chi connectivity index (χ1) is 7.27. The van der Waals surface area contributed by atoms with Crippen LogP contribution in [0.2, 0.25) is 0 Å². The summed E-state index contributed by atoms with van der Waals surface area (Å²) in [4.78, 5) is 4.32. The van der Waals surface area contributed by atoms with Gasteiger partial charge in [-0.25, -0.2) is 4.98 Å². The maximum Gasteiger partial charge on any atom is 0.108 e. The number of hydrogen-bond donors (Lipinski definition) is 1. The maximum absolute atomic E-state index is 9.43. The molecule has 1 heterocycles. The lowest BCUT2D eigenvalue weighted by atomic mass is 10.1. The van der Waals surface area contributed by atoms with Crippen molar-refractivity contribution in [1.82, 2.24) is 9.55 Å². The Labute approximate surface area is 92.1 Å². The van der Waals surface area contributed by atoms with E-state index in [1.807, 2.05) is 19.3 Å². The van der Waals surface area contributed by atoms with Gasteiger partial charge in [0, 0.05) is 25.4 Å². The van der Waals surface area contributed by atoms with Crippen molar-refractivity contribution in [3.05, 3.63) is 18.2 Å². The van der Waals surface area contributed by atoms with Gasteiger partial charge in [0.1, 0.15) is 5.82 Å². The maximum atomic E-state index is 9.43. The summed E-state index contributed by atoms with van der Waals surface area (Å²) in [5.41, 5.74) is 0. The van der Waals surface area contributed by atoms with Gasteiger partial charge < -0.3 is 9.67 Å². The Morgan fingerprint density at radius 3 is 2.93 bits per heavy atom. The van der Waals surface area contributed by atoms with Crippen molar-refractivity contribution >= 4 is 0 Å². The van der Waals surface area contributed by atoms with E-state index in [1.165, 1.54) is 5.82 Å². The lowest BCUT2D eigenvalue weighted by Gasteiger charge is -2.09. The summed E-state index contributed by atoms with van der Waals surface area (Å²) in [5, 5.41) is 9.43. The van der Waals surface area contributed by atoms with Crippen molar-refractivity contribution in [3.63, 3.8) is 0 Å². The van der Waals surface area contributed by atoms with Crippen molar-refractivity contribution in [2.45, 2.75) is 58.6 Å². The highest BCUT2D eigenvalue weighted by Crippen LogP contribution is 2.06. The Bertz CT molecular complexity index is 270. The average molecular weight is 210 g/mol. The van der Waals surface area contributed by atoms with Gasteiger partial charge in [-0.2, -0.15) is 0 Å². The van der Waals surface area contributed by atoms with Gasteiger partial charge in [0.05, 0.1) is 6.10 Å². The van der Waals surface area contributed by atoms with Gasteiger partial charge in [-0.15, -0.1) is 0 Å². The molecular weight excluding hydrogens is 188 g/mol. The molecule has 3 heteroatoms. The summed E-state index contributed by atoms with van der Waals surface area (Å²) in [6.45, 7) is 5.16. The molecule has 0 radical (unpaired) electrons. The predicted molar refractivity (Wildman–Crippen MR) is 61.8 cm³/mol. The molecule has 1 unspecified atom stereocenters. The minimum atomic E-state index is -0.136. The van der Waals surface area contributed by atoms with Gasteiger partial charge in [-0.1, -0.05) is 13.8 Å². The third kappa shape index (κ3) is 4.04. The molecule has 1 atom stereocenters. The number of rotatable bonds is 7. The molecule has 1 aromatic heterocycles. The van der Waals surface area contributed by atoms with E-state index in [0.717, 1.165) is 38.6 Å². The molecule has 1 aromatic rings. The molecular formula is C12H22N2O.